The minimum Gasteiger partial charge on any atom is -0.356 e. The van der Waals surface area contributed by atoms with Crippen molar-refractivity contribution < 1.29 is 28.8 Å². The van der Waals surface area contributed by atoms with E-state index in [1.54, 1.807) is 0 Å². The zero-order valence-corrected chi connectivity index (χ0v) is 30.3. The summed E-state index contributed by atoms with van der Waals surface area (Å²) in [6.45, 7) is 11.6. The third-order valence-electron chi connectivity index (χ3n) is 8.52. The first-order valence-corrected chi connectivity index (χ1v) is 18.3. The van der Waals surface area contributed by atoms with Crippen LogP contribution in [0.15, 0.2) is 0 Å². The molecule has 11 heteroatoms. The number of carbonyl (C=O) groups excluding carboxylic acids is 6. The summed E-state index contributed by atoms with van der Waals surface area (Å²) in [4.78, 5) is 75.7. The molecule has 0 aliphatic carbocycles. The third-order valence-corrected chi connectivity index (χ3v) is 8.52. The number of nitrogens with one attached hydrogen (secondary N) is 4. The SMILES string of the molecule is CCCCCC(C)C(=O)NCCCCC(NC(=O)C(N)CCCCC)C(=O)NC(CCC(=O)NC(CCCCC)C(C)=O)CC(C)=O. The molecule has 0 aliphatic heterocycles. The predicted octanol–water partition coefficient (Wildman–Crippen LogP) is 4.78. The summed E-state index contributed by atoms with van der Waals surface area (Å²) in [5.74, 6) is -1.44. The van der Waals surface area contributed by atoms with Crippen molar-refractivity contribution in [2.45, 2.75) is 181 Å². The number of nitrogens with two attached hydrogens (primary N) is 1. The zero-order chi connectivity index (χ0) is 35.6. The van der Waals surface area contributed by atoms with E-state index in [2.05, 4.69) is 42.0 Å². The molecule has 0 saturated heterocycles. The standard InChI is InChI=1S/C36H67N5O6/c1-7-10-13-18-26(4)34(45)38-24-17-16-21-32(41-35(46)30(37)19-14-11-8-2)36(47)39-29(25-27(5)42)22-23-33(44)40-31(28(6)43)20-15-12-9-3/h26,29-32H,7-25,37H2,1-6H3,(H,38,45)(H,39,47)(H,40,44)(H,41,46). The summed E-state index contributed by atoms with van der Waals surface area (Å²) in [6, 6.07) is -2.79. The second kappa shape index (κ2) is 27.2. The normalized spacial score (nSPS) is 14.3. The Labute approximate surface area is 284 Å². The number of hydrogen-bond donors (Lipinski definition) is 5. The maximum Gasteiger partial charge on any atom is 0.242 e. The molecule has 0 saturated carbocycles. The van der Waals surface area contributed by atoms with Gasteiger partial charge >= 0.3 is 0 Å². The summed E-state index contributed by atoms with van der Waals surface area (Å²) in [5.41, 5.74) is 6.13. The molecule has 0 fully saturated rings. The van der Waals surface area contributed by atoms with E-state index >= 15 is 0 Å². The summed E-state index contributed by atoms with van der Waals surface area (Å²) in [7, 11) is 0. The van der Waals surface area contributed by atoms with Gasteiger partial charge in [-0.1, -0.05) is 85.5 Å². The molecule has 0 heterocycles. The Morgan fingerprint density at radius 2 is 1.15 bits per heavy atom. The summed E-state index contributed by atoms with van der Waals surface area (Å²) in [6.07, 6.45) is 12.5. The van der Waals surface area contributed by atoms with Crippen molar-refractivity contribution in [3.8, 4) is 0 Å². The molecule has 0 radical (unpaired) electrons. The Morgan fingerprint density at radius 1 is 0.596 bits per heavy atom. The lowest BCUT2D eigenvalue weighted by Crippen LogP contribution is -2.53. The van der Waals surface area contributed by atoms with Gasteiger partial charge in [-0.3, -0.25) is 28.8 Å². The van der Waals surface area contributed by atoms with Gasteiger partial charge in [0, 0.05) is 31.3 Å². The van der Waals surface area contributed by atoms with Gasteiger partial charge in [-0.15, -0.1) is 0 Å². The van der Waals surface area contributed by atoms with Crippen molar-refractivity contribution in [2.75, 3.05) is 6.54 Å². The van der Waals surface area contributed by atoms with E-state index in [4.69, 9.17) is 5.73 Å². The van der Waals surface area contributed by atoms with Crippen molar-refractivity contribution in [3.63, 3.8) is 0 Å². The van der Waals surface area contributed by atoms with Crippen LogP contribution in [-0.2, 0) is 28.8 Å². The van der Waals surface area contributed by atoms with Gasteiger partial charge in [0.05, 0.1) is 12.1 Å². The molecule has 6 N–H and O–H groups in total. The molecule has 5 atom stereocenters. The topological polar surface area (TPSA) is 177 Å². The molecule has 4 amide bonds. The van der Waals surface area contributed by atoms with E-state index < -0.39 is 36.0 Å². The highest BCUT2D eigenvalue weighted by Gasteiger charge is 2.26. The molecule has 0 aromatic heterocycles. The van der Waals surface area contributed by atoms with E-state index in [1.165, 1.54) is 13.8 Å². The predicted molar refractivity (Wildman–Crippen MR) is 187 cm³/mol. The summed E-state index contributed by atoms with van der Waals surface area (Å²) < 4.78 is 0. The van der Waals surface area contributed by atoms with Crippen LogP contribution in [0.25, 0.3) is 0 Å². The summed E-state index contributed by atoms with van der Waals surface area (Å²) >= 11 is 0. The Morgan fingerprint density at radius 3 is 1.72 bits per heavy atom. The number of carbonyl (C=O) groups is 6. The number of Topliss-reactive ketones (excluding diaryl/α,β-unsaturated/α-hetero) is 2. The molecule has 272 valence electrons. The van der Waals surface area contributed by atoms with Crippen LogP contribution < -0.4 is 27.0 Å². The molecule has 0 aliphatic rings. The first-order chi connectivity index (χ1) is 22.4. The van der Waals surface area contributed by atoms with Gasteiger partial charge in [0.1, 0.15) is 11.8 Å². The second-order valence-electron chi connectivity index (χ2n) is 13.2. The lowest BCUT2D eigenvalue weighted by molar-refractivity contribution is -0.131. The van der Waals surface area contributed by atoms with E-state index in [0.717, 1.165) is 64.2 Å². The molecule has 47 heavy (non-hydrogen) atoms. The molecule has 0 rings (SSSR count). The minimum absolute atomic E-state index is 0.0217. The lowest BCUT2D eigenvalue weighted by Gasteiger charge is -2.24. The molecule has 0 aromatic rings. The Bertz CT molecular complexity index is 943. The van der Waals surface area contributed by atoms with Crippen LogP contribution in [0.3, 0.4) is 0 Å². The van der Waals surface area contributed by atoms with Crippen LogP contribution in [0.5, 0.6) is 0 Å². The molecule has 0 aromatic carbocycles. The molecule has 11 nitrogen and oxygen atoms in total. The molecular formula is C36H67N5O6. The first kappa shape index (κ1) is 44.2. The van der Waals surface area contributed by atoms with Gasteiger partial charge in [0.25, 0.3) is 0 Å². The van der Waals surface area contributed by atoms with Crippen LogP contribution in [-0.4, -0.2) is 65.9 Å². The van der Waals surface area contributed by atoms with Crippen LogP contribution in [0, 0.1) is 5.92 Å². The molecular weight excluding hydrogens is 598 g/mol. The van der Waals surface area contributed by atoms with Gasteiger partial charge in [-0.2, -0.15) is 0 Å². The number of rotatable bonds is 29. The maximum atomic E-state index is 13.5. The molecule has 0 spiro atoms. The monoisotopic (exact) mass is 666 g/mol. The van der Waals surface area contributed by atoms with Crippen LogP contribution in [0.1, 0.15) is 157 Å². The van der Waals surface area contributed by atoms with Gasteiger partial charge in [-0.05, 0) is 58.8 Å². The van der Waals surface area contributed by atoms with Gasteiger partial charge in [0.15, 0.2) is 5.78 Å². The Hall–Kier alpha value is -2.82. The number of unbranched alkanes of at least 4 members (excludes halogenated alkanes) is 7. The minimum atomic E-state index is -0.882. The van der Waals surface area contributed by atoms with Crippen LogP contribution >= 0.6 is 0 Å². The van der Waals surface area contributed by atoms with Gasteiger partial charge in [-0.25, -0.2) is 0 Å². The highest BCUT2D eigenvalue weighted by atomic mass is 16.2. The average Bonchev–Trinajstić information content (AvgIpc) is 3.01. The fourth-order valence-electron chi connectivity index (χ4n) is 5.41. The van der Waals surface area contributed by atoms with Crippen molar-refractivity contribution in [1.82, 2.24) is 21.3 Å². The fourth-order valence-corrected chi connectivity index (χ4v) is 5.41. The van der Waals surface area contributed by atoms with Crippen LogP contribution in [0.4, 0.5) is 0 Å². The highest BCUT2D eigenvalue weighted by molar-refractivity contribution is 5.90. The van der Waals surface area contributed by atoms with E-state index in [9.17, 15) is 28.8 Å². The maximum absolute atomic E-state index is 13.5. The fraction of sp³-hybridized carbons (Fsp3) is 0.833. The van der Waals surface area contributed by atoms with Crippen molar-refractivity contribution >= 4 is 35.2 Å². The van der Waals surface area contributed by atoms with Crippen molar-refractivity contribution in [2.24, 2.45) is 11.7 Å². The second-order valence-corrected chi connectivity index (χ2v) is 13.2. The smallest absolute Gasteiger partial charge is 0.242 e. The summed E-state index contributed by atoms with van der Waals surface area (Å²) in [5, 5.41) is 11.5. The van der Waals surface area contributed by atoms with Crippen LogP contribution in [0.2, 0.25) is 0 Å². The highest BCUT2D eigenvalue weighted by Crippen LogP contribution is 2.12. The number of ketones is 2. The molecule has 5 unspecified atom stereocenters. The van der Waals surface area contributed by atoms with Gasteiger partial charge < -0.3 is 27.0 Å². The largest absolute Gasteiger partial charge is 0.356 e. The zero-order valence-electron chi connectivity index (χ0n) is 30.3. The quantitative estimate of drug-likeness (QED) is 0.0714. The lowest BCUT2D eigenvalue weighted by atomic mass is 10.0. The van der Waals surface area contributed by atoms with E-state index in [-0.39, 0.29) is 48.6 Å². The van der Waals surface area contributed by atoms with Gasteiger partial charge in [0.2, 0.25) is 23.6 Å². The molecule has 0 bridgehead atoms. The van der Waals surface area contributed by atoms with E-state index in [1.807, 2.05) is 6.92 Å². The Kier molecular flexibility index (Phi) is 25.5. The van der Waals surface area contributed by atoms with Crippen molar-refractivity contribution in [3.05, 3.63) is 0 Å². The van der Waals surface area contributed by atoms with Crippen molar-refractivity contribution in [1.29, 1.82) is 0 Å². The number of hydrogen-bond acceptors (Lipinski definition) is 7. The average molecular weight is 666 g/mol. The Balaban J connectivity index is 5.35. The van der Waals surface area contributed by atoms with E-state index in [0.29, 0.717) is 38.6 Å². The number of amides is 4. The third kappa shape index (κ3) is 22.4. The first-order valence-electron chi connectivity index (χ1n) is 18.3.